The number of anilines is 1. The van der Waals surface area contributed by atoms with Crippen LogP contribution in [0.1, 0.15) is 29.2 Å². The van der Waals surface area contributed by atoms with Gasteiger partial charge in [-0.1, -0.05) is 54.6 Å². The summed E-state index contributed by atoms with van der Waals surface area (Å²) in [5, 5.41) is 14.2. The summed E-state index contributed by atoms with van der Waals surface area (Å²) in [5.74, 6) is -1.64. The summed E-state index contributed by atoms with van der Waals surface area (Å²) in [6.45, 7) is 3.69. The number of benzene rings is 2. The molecule has 35 heavy (non-hydrogen) atoms. The number of hydrogen-bond donors (Lipinski definition) is 3. The Morgan fingerprint density at radius 2 is 1.69 bits per heavy atom. The number of aliphatic carboxylic acids is 1. The SMILES string of the molecule is C=CCC(NC(=O)Cc1ccc(NC(=O)OCC2c3ccccc3-c3ccccc32)cn1)C(=O)O. The normalized spacial score (nSPS) is 12.7. The first-order valence-electron chi connectivity index (χ1n) is 11.2. The Labute approximate surface area is 202 Å². The van der Waals surface area contributed by atoms with Crippen LogP contribution in [-0.4, -0.2) is 40.7 Å². The number of hydrogen-bond acceptors (Lipinski definition) is 5. The molecule has 3 aromatic rings. The summed E-state index contributed by atoms with van der Waals surface area (Å²) in [7, 11) is 0. The van der Waals surface area contributed by atoms with Gasteiger partial charge in [0.1, 0.15) is 12.6 Å². The maximum Gasteiger partial charge on any atom is 0.411 e. The average molecular weight is 472 g/mol. The van der Waals surface area contributed by atoms with Crippen LogP contribution in [0.2, 0.25) is 0 Å². The van der Waals surface area contributed by atoms with Gasteiger partial charge in [-0.15, -0.1) is 6.58 Å². The quantitative estimate of drug-likeness (QED) is 0.404. The molecule has 8 heteroatoms. The van der Waals surface area contributed by atoms with E-state index in [1.54, 1.807) is 12.1 Å². The molecule has 0 saturated carbocycles. The van der Waals surface area contributed by atoms with Crippen LogP contribution in [0.3, 0.4) is 0 Å². The largest absolute Gasteiger partial charge is 0.480 e. The van der Waals surface area contributed by atoms with Crippen LogP contribution in [0, 0.1) is 0 Å². The monoisotopic (exact) mass is 471 g/mol. The van der Waals surface area contributed by atoms with E-state index >= 15 is 0 Å². The standard InChI is InChI=1S/C27H25N3O5/c1-2-7-24(26(32)33)30-25(31)14-17-12-13-18(15-28-17)29-27(34)35-16-23-21-10-5-3-8-19(21)20-9-4-6-11-22(20)23/h2-6,8-13,15,23-24H,1,7,14,16H2,(H,29,34)(H,30,31)(H,32,33). The van der Waals surface area contributed by atoms with Crippen LogP contribution in [0.15, 0.2) is 79.5 Å². The van der Waals surface area contributed by atoms with Crippen molar-refractivity contribution in [1.82, 2.24) is 10.3 Å². The number of nitrogens with zero attached hydrogens (tertiary/aromatic N) is 1. The highest BCUT2D eigenvalue weighted by Crippen LogP contribution is 2.44. The Morgan fingerprint density at radius 3 is 2.26 bits per heavy atom. The molecule has 1 heterocycles. The van der Waals surface area contributed by atoms with Crippen LogP contribution in [0.5, 0.6) is 0 Å². The maximum absolute atomic E-state index is 12.4. The number of amides is 2. The molecule has 2 amide bonds. The Morgan fingerprint density at radius 1 is 1.03 bits per heavy atom. The van der Waals surface area contributed by atoms with E-state index in [-0.39, 0.29) is 25.4 Å². The number of fused-ring (bicyclic) bond motifs is 3. The summed E-state index contributed by atoms with van der Waals surface area (Å²) in [5.41, 5.74) is 5.41. The second-order valence-corrected chi connectivity index (χ2v) is 8.15. The van der Waals surface area contributed by atoms with Crippen LogP contribution in [0.4, 0.5) is 10.5 Å². The lowest BCUT2D eigenvalue weighted by Gasteiger charge is -2.14. The molecule has 3 N–H and O–H groups in total. The highest BCUT2D eigenvalue weighted by Gasteiger charge is 2.29. The van der Waals surface area contributed by atoms with Crippen molar-refractivity contribution in [2.45, 2.75) is 24.8 Å². The van der Waals surface area contributed by atoms with E-state index in [0.717, 1.165) is 22.3 Å². The fraction of sp³-hybridized carbons (Fsp3) is 0.185. The van der Waals surface area contributed by atoms with Crippen molar-refractivity contribution >= 4 is 23.7 Å². The van der Waals surface area contributed by atoms with Gasteiger partial charge in [0.15, 0.2) is 0 Å². The molecule has 1 unspecified atom stereocenters. The second kappa shape index (κ2) is 10.6. The summed E-state index contributed by atoms with van der Waals surface area (Å²) >= 11 is 0. The van der Waals surface area contributed by atoms with E-state index in [1.807, 2.05) is 24.3 Å². The molecule has 8 nitrogen and oxygen atoms in total. The smallest absolute Gasteiger partial charge is 0.411 e. The van der Waals surface area contributed by atoms with Crippen molar-refractivity contribution in [2.24, 2.45) is 0 Å². The van der Waals surface area contributed by atoms with E-state index in [2.05, 4.69) is 46.5 Å². The van der Waals surface area contributed by atoms with E-state index in [9.17, 15) is 14.4 Å². The minimum Gasteiger partial charge on any atom is -0.480 e. The number of carboxylic acid groups (broad SMARTS) is 1. The van der Waals surface area contributed by atoms with Crippen molar-refractivity contribution < 1.29 is 24.2 Å². The number of carboxylic acids is 1. The first-order chi connectivity index (χ1) is 17.0. The fourth-order valence-electron chi connectivity index (χ4n) is 4.15. The molecule has 0 radical (unpaired) electrons. The molecule has 1 aromatic heterocycles. The Balaban J connectivity index is 1.31. The number of carbonyl (C=O) groups excluding carboxylic acids is 2. The molecule has 2 aromatic carbocycles. The molecule has 0 bridgehead atoms. The van der Waals surface area contributed by atoms with Crippen LogP contribution >= 0.6 is 0 Å². The molecular weight excluding hydrogens is 446 g/mol. The average Bonchev–Trinajstić information content (AvgIpc) is 3.17. The van der Waals surface area contributed by atoms with E-state index in [4.69, 9.17) is 9.84 Å². The molecule has 1 aliphatic rings. The molecule has 0 saturated heterocycles. The van der Waals surface area contributed by atoms with Gasteiger partial charge >= 0.3 is 12.1 Å². The Kier molecular flexibility index (Phi) is 7.21. The van der Waals surface area contributed by atoms with Gasteiger partial charge in [0.25, 0.3) is 0 Å². The molecule has 1 aliphatic carbocycles. The third-order valence-corrected chi connectivity index (χ3v) is 5.79. The minimum absolute atomic E-state index is 0.0390. The number of ether oxygens (including phenoxy) is 1. The van der Waals surface area contributed by atoms with Crippen molar-refractivity contribution in [3.63, 3.8) is 0 Å². The van der Waals surface area contributed by atoms with Crippen molar-refractivity contribution in [1.29, 1.82) is 0 Å². The summed E-state index contributed by atoms with van der Waals surface area (Å²) in [6, 6.07) is 18.4. The van der Waals surface area contributed by atoms with Crippen molar-refractivity contribution in [3.8, 4) is 11.1 Å². The number of pyridine rings is 1. The highest BCUT2D eigenvalue weighted by molar-refractivity contribution is 5.86. The molecule has 4 rings (SSSR count). The van der Waals surface area contributed by atoms with Gasteiger partial charge in [0, 0.05) is 11.6 Å². The number of nitrogens with one attached hydrogen (secondary N) is 2. The van der Waals surface area contributed by atoms with Gasteiger partial charge in [0.2, 0.25) is 5.91 Å². The molecular formula is C27H25N3O5. The highest BCUT2D eigenvalue weighted by atomic mass is 16.5. The summed E-state index contributed by atoms with van der Waals surface area (Å²) < 4.78 is 5.52. The summed E-state index contributed by atoms with van der Waals surface area (Å²) in [6.07, 6.45) is 2.28. The van der Waals surface area contributed by atoms with E-state index in [1.165, 1.54) is 12.3 Å². The predicted molar refractivity (Wildman–Crippen MR) is 131 cm³/mol. The van der Waals surface area contributed by atoms with Crippen LogP contribution in [0.25, 0.3) is 11.1 Å². The Hall–Kier alpha value is -4.46. The number of carbonyl (C=O) groups is 3. The van der Waals surface area contributed by atoms with E-state index < -0.39 is 24.0 Å². The molecule has 1 atom stereocenters. The van der Waals surface area contributed by atoms with Gasteiger partial charge in [-0.05, 0) is 40.8 Å². The van der Waals surface area contributed by atoms with E-state index in [0.29, 0.717) is 11.4 Å². The van der Waals surface area contributed by atoms with Crippen LogP contribution < -0.4 is 10.6 Å². The zero-order valence-electron chi connectivity index (χ0n) is 18.9. The third kappa shape index (κ3) is 5.55. The van der Waals surface area contributed by atoms with Gasteiger partial charge < -0.3 is 15.2 Å². The predicted octanol–water partition coefficient (Wildman–Crippen LogP) is 4.13. The lowest BCUT2D eigenvalue weighted by Crippen LogP contribution is -2.41. The van der Waals surface area contributed by atoms with Gasteiger partial charge in [-0.3, -0.25) is 15.1 Å². The van der Waals surface area contributed by atoms with Gasteiger partial charge in [0.05, 0.1) is 18.3 Å². The zero-order valence-corrected chi connectivity index (χ0v) is 18.9. The topological polar surface area (TPSA) is 118 Å². The number of aromatic nitrogens is 1. The molecule has 0 fully saturated rings. The second-order valence-electron chi connectivity index (χ2n) is 8.15. The molecule has 178 valence electrons. The zero-order chi connectivity index (χ0) is 24.8. The van der Waals surface area contributed by atoms with Gasteiger partial charge in [-0.2, -0.15) is 0 Å². The lowest BCUT2D eigenvalue weighted by molar-refractivity contribution is -0.141. The first kappa shape index (κ1) is 23.7. The maximum atomic E-state index is 12.4. The molecule has 0 aliphatic heterocycles. The number of rotatable bonds is 9. The third-order valence-electron chi connectivity index (χ3n) is 5.79. The summed E-state index contributed by atoms with van der Waals surface area (Å²) in [4.78, 5) is 39.8. The van der Waals surface area contributed by atoms with Crippen molar-refractivity contribution in [3.05, 3.63) is 96.3 Å². The minimum atomic E-state index is -1.13. The first-order valence-corrected chi connectivity index (χ1v) is 11.2. The van der Waals surface area contributed by atoms with Gasteiger partial charge in [-0.25, -0.2) is 9.59 Å². The lowest BCUT2D eigenvalue weighted by atomic mass is 9.98. The molecule has 0 spiro atoms. The fourth-order valence-corrected chi connectivity index (χ4v) is 4.15. The van der Waals surface area contributed by atoms with Crippen LogP contribution in [-0.2, 0) is 20.7 Å². The Bertz CT molecular complexity index is 1210. The van der Waals surface area contributed by atoms with Crippen molar-refractivity contribution in [2.75, 3.05) is 11.9 Å².